The average Bonchev–Trinajstić information content (AvgIpc) is 3.23. The van der Waals surface area contributed by atoms with Crippen LogP contribution in [-0.4, -0.2) is 36.7 Å². The average molecular weight is 428 g/mol. The van der Waals surface area contributed by atoms with Crippen molar-refractivity contribution in [3.05, 3.63) is 81.0 Å². The van der Waals surface area contributed by atoms with Crippen LogP contribution in [0.3, 0.4) is 0 Å². The molecule has 0 bridgehead atoms. The van der Waals surface area contributed by atoms with Crippen molar-refractivity contribution in [2.24, 2.45) is 0 Å². The topological polar surface area (TPSA) is 78.5 Å². The molecule has 6 nitrogen and oxygen atoms in total. The van der Waals surface area contributed by atoms with Gasteiger partial charge in [-0.15, -0.1) is 11.3 Å². The number of anilines is 2. The number of amides is 3. The van der Waals surface area contributed by atoms with Crippen LogP contribution >= 0.6 is 22.9 Å². The number of carbonyl (C=O) groups is 3. The van der Waals surface area contributed by atoms with Crippen LogP contribution in [-0.2, 0) is 0 Å². The Morgan fingerprint density at radius 2 is 1.62 bits per heavy atom. The number of nitrogens with one attached hydrogen (secondary N) is 2. The van der Waals surface area contributed by atoms with E-state index in [1.54, 1.807) is 62.6 Å². The highest BCUT2D eigenvalue weighted by atomic mass is 35.5. The number of rotatable bonds is 5. The molecule has 3 aromatic rings. The van der Waals surface area contributed by atoms with Gasteiger partial charge in [-0.2, -0.15) is 0 Å². The Labute approximate surface area is 177 Å². The molecular weight excluding hydrogens is 410 g/mol. The second-order valence-electron chi connectivity index (χ2n) is 6.36. The molecule has 1 heterocycles. The molecule has 29 heavy (non-hydrogen) atoms. The highest BCUT2D eigenvalue weighted by Crippen LogP contribution is 2.23. The maximum atomic E-state index is 12.6. The number of carbonyl (C=O) groups excluding carboxylic acids is 3. The molecule has 0 aliphatic carbocycles. The molecule has 148 valence electrons. The summed E-state index contributed by atoms with van der Waals surface area (Å²) in [5.74, 6) is -0.812. The fourth-order valence-electron chi connectivity index (χ4n) is 2.55. The molecule has 0 aliphatic heterocycles. The highest BCUT2D eigenvalue weighted by Gasteiger charge is 2.14. The Kier molecular flexibility index (Phi) is 6.31. The second-order valence-corrected chi connectivity index (χ2v) is 7.72. The van der Waals surface area contributed by atoms with E-state index in [2.05, 4.69) is 10.6 Å². The van der Waals surface area contributed by atoms with E-state index in [0.717, 1.165) is 0 Å². The van der Waals surface area contributed by atoms with Crippen molar-refractivity contribution in [1.82, 2.24) is 4.90 Å². The van der Waals surface area contributed by atoms with E-state index in [0.29, 0.717) is 27.4 Å². The van der Waals surface area contributed by atoms with E-state index >= 15 is 0 Å². The number of thiophene rings is 1. The van der Waals surface area contributed by atoms with Gasteiger partial charge in [-0.1, -0.05) is 23.7 Å². The molecule has 0 aliphatic rings. The molecule has 0 saturated carbocycles. The number of nitrogens with zero attached hydrogens (tertiary/aromatic N) is 1. The zero-order chi connectivity index (χ0) is 21.0. The zero-order valence-corrected chi connectivity index (χ0v) is 17.3. The molecule has 3 rings (SSSR count). The first-order chi connectivity index (χ1) is 13.8. The fraction of sp³-hybridized carbons (Fsp3) is 0.0952. The zero-order valence-electron chi connectivity index (χ0n) is 15.7. The number of hydrogen-bond donors (Lipinski definition) is 2. The van der Waals surface area contributed by atoms with Crippen LogP contribution in [0, 0.1) is 0 Å². The first kappa shape index (κ1) is 20.6. The Bertz CT molecular complexity index is 1060. The molecule has 0 atom stereocenters. The second kappa shape index (κ2) is 8.89. The summed E-state index contributed by atoms with van der Waals surface area (Å²) in [4.78, 5) is 38.8. The van der Waals surface area contributed by atoms with Crippen LogP contribution in [0.5, 0.6) is 0 Å². The van der Waals surface area contributed by atoms with Gasteiger partial charge >= 0.3 is 0 Å². The summed E-state index contributed by atoms with van der Waals surface area (Å²) in [7, 11) is 3.27. The van der Waals surface area contributed by atoms with Gasteiger partial charge in [0.25, 0.3) is 17.7 Å². The monoisotopic (exact) mass is 427 g/mol. The van der Waals surface area contributed by atoms with Gasteiger partial charge in [-0.05, 0) is 47.8 Å². The molecule has 2 N–H and O–H groups in total. The van der Waals surface area contributed by atoms with Gasteiger partial charge in [0, 0.05) is 31.0 Å². The minimum atomic E-state index is -0.361. The summed E-state index contributed by atoms with van der Waals surface area (Å²) in [6.45, 7) is 0. The summed E-state index contributed by atoms with van der Waals surface area (Å²) in [6, 6.07) is 14.9. The van der Waals surface area contributed by atoms with Gasteiger partial charge in [0.05, 0.1) is 15.5 Å². The van der Waals surface area contributed by atoms with Gasteiger partial charge in [-0.25, -0.2) is 0 Å². The standard InChI is InChI=1S/C21H18ClN3O3S/c1-25(2)21(28)16-9-8-15(12-17(16)22)23-19(26)13-5-3-6-14(11-13)24-20(27)18-7-4-10-29-18/h3-12H,1-2H3,(H,23,26)(H,24,27). The Hall–Kier alpha value is -3.16. The molecule has 8 heteroatoms. The first-order valence-electron chi connectivity index (χ1n) is 8.62. The molecule has 0 spiro atoms. The van der Waals surface area contributed by atoms with E-state index in [1.165, 1.54) is 22.3 Å². The van der Waals surface area contributed by atoms with Crippen LogP contribution in [0.15, 0.2) is 60.0 Å². The van der Waals surface area contributed by atoms with Crippen molar-refractivity contribution in [2.45, 2.75) is 0 Å². The smallest absolute Gasteiger partial charge is 0.265 e. The Balaban J connectivity index is 1.72. The first-order valence-corrected chi connectivity index (χ1v) is 9.88. The van der Waals surface area contributed by atoms with Crippen LogP contribution in [0.4, 0.5) is 11.4 Å². The third-order valence-electron chi connectivity index (χ3n) is 3.99. The predicted molar refractivity (Wildman–Crippen MR) is 116 cm³/mol. The van der Waals surface area contributed by atoms with Crippen LogP contribution in [0.25, 0.3) is 0 Å². The van der Waals surface area contributed by atoms with Gasteiger partial charge in [-0.3, -0.25) is 14.4 Å². The molecule has 3 amide bonds. The maximum absolute atomic E-state index is 12.6. The summed E-state index contributed by atoms with van der Waals surface area (Å²) < 4.78 is 0. The van der Waals surface area contributed by atoms with E-state index in [-0.39, 0.29) is 22.7 Å². The lowest BCUT2D eigenvalue weighted by molar-refractivity contribution is 0.0827. The highest BCUT2D eigenvalue weighted by molar-refractivity contribution is 7.12. The minimum absolute atomic E-state index is 0.220. The quantitative estimate of drug-likeness (QED) is 0.624. The molecule has 2 aromatic carbocycles. The maximum Gasteiger partial charge on any atom is 0.265 e. The molecule has 0 radical (unpaired) electrons. The van der Waals surface area contributed by atoms with Crippen LogP contribution < -0.4 is 10.6 Å². The summed E-state index contributed by atoms with van der Waals surface area (Å²) in [5, 5.41) is 7.58. The van der Waals surface area contributed by atoms with Gasteiger partial charge in [0.15, 0.2) is 0 Å². The van der Waals surface area contributed by atoms with Crippen molar-refractivity contribution in [3.63, 3.8) is 0 Å². The van der Waals surface area contributed by atoms with Crippen LogP contribution in [0.1, 0.15) is 30.4 Å². The largest absolute Gasteiger partial charge is 0.345 e. The summed E-state index contributed by atoms with van der Waals surface area (Å²) in [5.41, 5.74) is 1.70. The van der Waals surface area contributed by atoms with Crippen molar-refractivity contribution in [1.29, 1.82) is 0 Å². The third kappa shape index (κ3) is 5.01. The van der Waals surface area contributed by atoms with Crippen molar-refractivity contribution < 1.29 is 14.4 Å². The van der Waals surface area contributed by atoms with Crippen LogP contribution in [0.2, 0.25) is 5.02 Å². The lowest BCUT2D eigenvalue weighted by atomic mass is 10.1. The van der Waals surface area contributed by atoms with Gasteiger partial charge < -0.3 is 15.5 Å². The number of benzene rings is 2. The lowest BCUT2D eigenvalue weighted by Crippen LogP contribution is -2.22. The molecule has 1 aromatic heterocycles. The number of halogens is 1. The third-order valence-corrected chi connectivity index (χ3v) is 5.17. The molecule has 0 saturated heterocycles. The molecule has 0 fully saturated rings. The molecule has 0 unspecified atom stereocenters. The lowest BCUT2D eigenvalue weighted by Gasteiger charge is -2.13. The van der Waals surface area contributed by atoms with E-state index in [1.807, 2.05) is 5.38 Å². The Morgan fingerprint density at radius 3 is 2.28 bits per heavy atom. The predicted octanol–water partition coefficient (Wildman–Crippen LogP) is 4.61. The fourth-order valence-corrected chi connectivity index (χ4v) is 3.43. The summed E-state index contributed by atoms with van der Waals surface area (Å²) >= 11 is 7.52. The minimum Gasteiger partial charge on any atom is -0.345 e. The SMILES string of the molecule is CN(C)C(=O)c1ccc(NC(=O)c2cccc(NC(=O)c3cccs3)c2)cc1Cl. The Morgan fingerprint density at radius 1 is 0.897 bits per heavy atom. The normalized spacial score (nSPS) is 10.3. The van der Waals surface area contributed by atoms with Crippen molar-refractivity contribution in [2.75, 3.05) is 24.7 Å². The van der Waals surface area contributed by atoms with Gasteiger partial charge in [0.2, 0.25) is 0 Å². The molecular formula is C21H18ClN3O3S. The van der Waals surface area contributed by atoms with E-state index in [4.69, 9.17) is 11.6 Å². The van der Waals surface area contributed by atoms with Crippen molar-refractivity contribution >= 4 is 52.0 Å². The summed E-state index contributed by atoms with van der Waals surface area (Å²) in [6.07, 6.45) is 0. The van der Waals surface area contributed by atoms with E-state index in [9.17, 15) is 14.4 Å². The van der Waals surface area contributed by atoms with E-state index < -0.39 is 0 Å². The van der Waals surface area contributed by atoms with Crippen molar-refractivity contribution in [3.8, 4) is 0 Å². The number of hydrogen-bond acceptors (Lipinski definition) is 4. The van der Waals surface area contributed by atoms with Gasteiger partial charge in [0.1, 0.15) is 0 Å².